The van der Waals surface area contributed by atoms with E-state index in [4.69, 9.17) is 10.2 Å². The molecule has 72 valence electrons. The van der Waals surface area contributed by atoms with E-state index in [9.17, 15) is 0 Å². The molecular weight excluding hydrogens is 154 g/mol. The van der Waals surface area contributed by atoms with E-state index in [-0.39, 0.29) is 13.2 Å². The minimum atomic E-state index is 0.201. The molecule has 0 atom stereocenters. The van der Waals surface area contributed by atoms with Crippen molar-refractivity contribution in [3.05, 3.63) is 0 Å². The summed E-state index contributed by atoms with van der Waals surface area (Å²) in [7, 11) is 0. The molecule has 0 aromatic rings. The fraction of sp³-hybridized carbons (Fsp3) is 1.00. The summed E-state index contributed by atoms with van der Waals surface area (Å²) >= 11 is 0. The van der Waals surface area contributed by atoms with Gasteiger partial charge in [0.05, 0.1) is 13.2 Å². The molecule has 1 aliphatic rings. The van der Waals surface area contributed by atoms with E-state index >= 15 is 0 Å². The van der Waals surface area contributed by atoms with Crippen LogP contribution in [0.15, 0.2) is 0 Å². The van der Waals surface area contributed by atoms with Gasteiger partial charge in [-0.3, -0.25) is 4.90 Å². The van der Waals surface area contributed by atoms with Gasteiger partial charge in [0.1, 0.15) is 0 Å². The van der Waals surface area contributed by atoms with Crippen molar-refractivity contribution in [2.45, 2.75) is 19.3 Å². The first-order valence-corrected chi connectivity index (χ1v) is 4.81. The van der Waals surface area contributed by atoms with Crippen molar-refractivity contribution in [1.82, 2.24) is 4.90 Å². The highest BCUT2D eigenvalue weighted by Gasteiger charge is 2.19. The first-order valence-electron chi connectivity index (χ1n) is 4.81. The lowest BCUT2D eigenvalue weighted by atomic mass is 9.85. The molecule has 0 heterocycles. The summed E-state index contributed by atoms with van der Waals surface area (Å²) in [5, 5.41) is 17.5. The quantitative estimate of drug-likeness (QED) is 0.597. The van der Waals surface area contributed by atoms with E-state index in [0.717, 1.165) is 12.5 Å². The average molecular weight is 173 g/mol. The van der Waals surface area contributed by atoms with Gasteiger partial charge in [0, 0.05) is 19.6 Å². The first kappa shape index (κ1) is 9.96. The molecule has 0 spiro atoms. The summed E-state index contributed by atoms with van der Waals surface area (Å²) < 4.78 is 0. The number of nitrogens with zero attached hydrogens (tertiary/aromatic N) is 1. The van der Waals surface area contributed by atoms with Crippen molar-refractivity contribution in [2.75, 3.05) is 32.8 Å². The predicted molar refractivity (Wildman–Crippen MR) is 48.0 cm³/mol. The maximum atomic E-state index is 8.74. The Kier molecular flexibility index (Phi) is 4.58. The molecule has 0 aromatic carbocycles. The number of hydrogen-bond donors (Lipinski definition) is 2. The summed E-state index contributed by atoms with van der Waals surface area (Å²) in [6.45, 7) is 2.87. The maximum absolute atomic E-state index is 8.74. The van der Waals surface area contributed by atoms with Crippen molar-refractivity contribution in [1.29, 1.82) is 0 Å². The van der Waals surface area contributed by atoms with E-state index in [1.165, 1.54) is 19.3 Å². The number of aliphatic hydroxyl groups excluding tert-OH is 2. The van der Waals surface area contributed by atoms with Crippen molar-refractivity contribution in [2.24, 2.45) is 5.92 Å². The molecule has 0 aromatic heterocycles. The van der Waals surface area contributed by atoms with Gasteiger partial charge in [-0.2, -0.15) is 0 Å². The lowest BCUT2D eigenvalue weighted by Gasteiger charge is -2.31. The lowest BCUT2D eigenvalue weighted by molar-refractivity contribution is 0.123. The average Bonchev–Trinajstić information content (AvgIpc) is 1.97. The second kappa shape index (κ2) is 5.51. The summed E-state index contributed by atoms with van der Waals surface area (Å²) in [6, 6.07) is 0. The van der Waals surface area contributed by atoms with Gasteiger partial charge in [-0.15, -0.1) is 0 Å². The third-order valence-electron chi connectivity index (χ3n) is 2.57. The van der Waals surface area contributed by atoms with E-state index in [1.54, 1.807) is 0 Å². The predicted octanol–water partition coefficient (Wildman–Crippen LogP) is 0.0731. The van der Waals surface area contributed by atoms with Crippen LogP contribution < -0.4 is 0 Å². The van der Waals surface area contributed by atoms with Crippen LogP contribution in [-0.4, -0.2) is 48.0 Å². The number of aliphatic hydroxyl groups is 2. The normalized spacial score (nSPS) is 18.2. The molecule has 0 unspecified atom stereocenters. The summed E-state index contributed by atoms with van der Waals surface area (Å²) in [4.78, 5) is 2.14. The number of rotatable bonds is 6. The third kappa shape index (κ3) is 3.09. The Morgan fingerprint density at radius 2 is 1.67 bits per heavy atom. The van der Waals surface area contributed by atoms with Crippen molar-refractivity contribution in [3.8, 4) is 0 Å². The lowest BCUT2D eigenvalue weighted by Crippen LogP contribution is -2.36. The van der Waals surface area contributed by atoms with Crippen LogP contribution in [0.3, 0.4) is 0 Å². The molecule has 0 bridgehead atoms. The zero-order valence-corrected chi connectivity index (χ0v) is 7.58. The first-order chi connectivity index (χ1) is 5.86. The molecule has 3 heteroatoms. The highest BCUT2D eigenvalue weighted by Crippen LogP contribution is 2.26. The Balaban J connectivity index is 2.11. The van der Waals surface area contributed by atoms with E-state index in [1.807, 2.05) is 0 Å². The third-order valence-corrected chi connectivity index (χ3v) is 2.57. The molecule has 1 fully saturated rings. The maximum Gasteiger partial charge on any atom is 0.0558 e. The molecule has 0 saturated heterocycles. The van der Waals surface area contributed by atoms with Gasteiger partial charge in [0.25, 0.3) is 0 Å². The van der Waals surface area contributed by atoms with E-state index in [2.05, 4.69) is 4.90 Å². The smallest absolute Gasteiger partial charge is 0.0558 e. The molecule has 0 radical (unpaired) electrons. The van der Waals surface area contributed by atoms with Gasteiger partial charge in [0.2, 0.25) is 0 Å². The van der Waals surface area contributed by atoms with Crippen LogP contribution in [0, 0.1) is 5.92 Å². The molecule has 0 amide bonds. The topological polar surface area (TPSA) is 43.7 Å². The largest absolute Gasteiger partial charge is 0.395 e. The van der Waals surface area contributed by atoms with Crippen LogP contribution in [0.2, 0.25) is 0 Å². The fourth-order valence-electron chi connectivity index (χ4n) is 1.62. The van der Waals surface area contributed by atoms with Crippen molar-refractivity contribution >= 4 is 0 Å². The molecule has 1 rings (SSSR count). The van der Waals surface area contributed by atoms with E-state index in [0.29, 0.717) is 13.1 Å². The minimum absolute atomic E-state index is 0.201. The standard InChI is InChI=1S/C9H19NO2/c11-6-4-10(5-7-12)8-9-2-1-3-9/h9,11-12H,1-8H2. The minimum Gasteiger partial charge on any atom is -0.395 e. The van der Waals surface area contributed by atoms with Crippen LogP contribution in [0.4, 0.5) is 0 Å². The zero-order valence-electron chi connectivity index (χ0n) is 7.58. The second-order valence-corrected chi connectivity index (χ2v) is 3.54. The van der Waals surface area contributed by atoms with Crippen molar-refractivity contribution in [3.63, 3.8) is 0 Å². The van der Waals surface area contributed by atoms with Crippen LogP contribution in [0.1, 0.15) is 19.3 Å². The van der Waals surface area contributed by atoms with Crippen molar-refractivity contribution < 1.29 is 10.2 Å². The Morgan fingerprint density at radius 1 is 1.08 bits per heavy atom. The highest BCUT2D eigenvalue weighted by atomic mass is 16.3. The van der Waals surface area contributed by atoms with Gasteiger partial charge in [-0.25, -0.2) is 0 Å². The molecule has 1 saturated carbocycles. The second-order valence-electron chi connectivity index (χ2n) is 3.54. The van der Waals surface area contributed by atoms with Gasteiger partial charge >= 0.3 is 0 Å². The molecule has 12 heavy (non-hydrogen) atoms. The van der Waals surface area contributed by atoms with Crippen LogP contribution in [0.5, 0.6) is 0 Å². The molecular formula is C9H19NO2. The highest BCUT2D eigenvalue weighted by molar-refractivity contribution is 4.73. The Labute approximate surface area is 74.0 Å². The van der Waals surface area contributed by atoms with Crippen LogP contribution >= 0.6 is 0 Å². The van der Waals surface area contributed by atoms with Gasteiger partial charge in [-0.1, -0.05) is 6.42 Å². The van der Waals surface area contributed by atoms with Crippen LogP contribution in [-0.2, 0) is 0 Å². The fourth-order valence-corrected chi connectivity index (χ4v) is 1.62. The number of hydrogen-bond acceptors (Lipinski definition) is 3. The Bertz CT molecular complexity index is 109. The zero-order chi connectivity index (χ0) is 8.81. The molecule has 2 N–H and O–H groups in total. The summed E-state index contributed by atoms with van der Waals surface area (Å²) in [5.74, 6) is 0.822. The van der Waals surface area contributed by atoms with Gasteiger partial charge in [-0.05, 0) is 18.8 Å². The molecule has 1 aliphatic carbocycles. The van der Waals surface area contributed by atoms with E-state index < -0.39 is 0 Å². The van der Waals surface area contributed by atoms with Gasteiger partial charge < -0.3 is 10.2 Å². The van der Waals surface area contributed by atoms with Crippen LogP contribution in [0.25, 0.3) is 0 Å². The molecule has 3 nitrogen and oxygen atoms in total. The Hall–Kier alpha value is -0.120. The van der Waals surface area contributed by atoms with Gasteiger partial charge in [0.15, 0.2) is 0 Å². The summed E-state index contributed by atoms with van der Waals surface area (Å²) in [6.07, 6.45) is 4.01. The Morgan fingerprint density at radius 3 is 2.00 bits per heavy atom. The molecule has 0 aliphatic heterocycles. The SMILES string of the molecule is OCCN(CCO)CC1CCC1. The summed E-state index contributed by atoms with van der Waals surface area (Å²) in [5.41, 5.74) is 0. The monoisotopic (exact) mass is 173 g/mol.